The predicted octanol–water partition coefficient (Wildman–Crippen LogP) is 6.98. The van der Waals surface area contributed by atoms with Crippen LogP contribution in [0, 0.1) is 19.3 Å². The lowest BCUT2D eigenvalue weighted by molar-refractivity contribution is -0.366. The van der Waals surface area contributed by atoms with Crippen LogP contribution in [0.1, 0.15) is 116 Å². The molecule has 2 aromatic carbocycles. The topological polar surface area (TPSA) is 177 Å². The van der Waals surface area contributed by atoms with Crippen molar-refractivity contribution in [2.24, 2.45) is 5.41 Å². The zero-order chi connectivity index (χ0) is 39.3. The molecule has 0 atom stereocenters. The van der Waals surface area contributed by atoms with E-state index in [0.717, 1.165) is 33.8 Å². The molecule has 0 amide bonds. The van der Waals surface area contributed by atoms with E-state index in [4.69, 9.17) is 57.8 Å². The van der Waals surface area contributed by atoms with Gasteiger partial charge in [-0.25, -0.2) is 0 Å². The van der Waals surface area contributed by atoms with Gasteiger partial charge >= 0.3 is 30.2 Å². The van der Waals surface area contributed by atoms with E-state index < -0.39 is 35.6 Å². The van der Waals surface area contributed by atoms with Crippen molar-refractivity contribution >= 4 is 17.2 Å². The van der Waals surface area contributed by atoms with Crippen molar-refractivity contribution in [1.82, 2.24) is 0 Å². The second-order valence-electron chi connectivity index (χ2n) is 17.5. The van der Waals surface area contributed by atoms with Gasteiger partial charge in [0.05, 0.1) is 31.8 Å². The summed E-state index contributed by atoms with van der Waals surface area (Å²) in [4.78, 5) is 43.4. The Kier molecular flexibility index (Phi) is 15.9. The monoisotopic (exact) mass is 760 g/mol. The van der Waals surface area contributed by atoms with Crippen LogP contribution in [0.2, 0.25) is 0 Å². The van der Waals surface area contributed by atoms with E-state index in [2.05, 4.69) is 121 Å². The molecule has 0 unspecified atom stereocenters. The van der Waals surface area contributed by atoms with E-state index in [0.29, 0.717) is 26.4 Å². The van der Waals surface area contributed by atoms with Crippen molar-refractivity contribution < 1.29 is 57.8 Å². The molecule has 1 spiro atoms. The summed E-state index contributed by atoms with van der Waals surface area (Å²) < 4.78 is 37.8. The van der Waals surface area contributed by atoms with Crippen molar-refractivity contribution in [2.75, 3.05) is 26.4 Å². The quantitative estimate of drug-likeness (QED) is 0.177. The minimum Gasteiger partial charge on any atom is -0.441 e. The fraction of sp³-hybridized carbons (Fsp3) is 0.676. The summed E-state index contributed by atoms with van der Waals surface area (Å²) >= 11 is 0. The normalized spacial score (nSPS) is 21.5. The number of aryl methyl sites for hydroxylation is 2. The maximum absolute atomic E-state index is 7.23. The van der Waals surface area contributed by atoms with Gasteiger partial charge in [0.2, 0.25) is 0 Å². The lowest BCUT2D eigenvalue weighted by atomic mass is 9.78. The summed E-state index contributed by atoms with van der Waals surface area (Å²) in [5.74, 6) is 1.69. The van der Waals surface area contributed by atoms with Crippen LogP contribution in [-0.2, 0) is 40.6 Å². The Morgan fingerprint density at radius 3 is 0.863 bits per heavy atom. The van der Waals surface area contributed by atoms with Crippen molar-refractivity contribution in [3.63, 3.8) is 0 Å². The molecule has 2 aliphatic rings. The van der Waals surface area contributed by atoms with Gasteiger partial charge in [-0.05, 0) is 35.5 Å². The highest BCUT2D eigenvalue weighted by Gasteiger charge is 2.44. The summed E-state index contributed by atoms with van der Waals surface area (Å²) in [5, 5.41) is 0. The number of hydrogen-bond donors (Lipinski definition) is 6. The van der Waals surface area contributed by atoms with Crippen molar-refractivity contribution in [3.8, 4) is 11.5 Å². The van der Waals surface area contributed by atoms with Crippen LogP contribution in [0.3, 0.4) is 0 Å². The molecule has 0 radical (unpaired) electrons. The Morgan fingerprint density at radius 1 is 0.490 bits per heavy atom. The Morgan fingerprint density at radius 2 is 0.686 bits per heavy atom. The predicted molar refractivity (Wildman–Crippen MR) is 199 cm³/mol. The minimum atomic E-state index is -2.62. The van der Waals surface area contributed by atoms with Crippen LogP contribution in [0.25, 0.3) is 0 Å². The molecule has 2 heterocycles. The van der Waals surface area contributed by atoms with Crippen LogP contribution in [-0.4, -0.2) is 68.7 Å². The number of rotatable bonds is 4. The molecule has 0 aliphatic carbocycles. The molecule has 2 fully saturated rings. The van der Waals surface area contributed by atoms with Crippen molar-refractivity contribution in [3.05, 3.63) is 57.6 Å². The smallest absolute Gasteiger partial charge is 0.324 e. The minimum absolute atomic E-state index is 0.103. The Hall–Kier alpha value is -1.50. The second-order valence-corrected chi connectivity index (χ2v) is 18.5. The van der Waals surface area contributed by atoms with Crippen LogP contribution < -0.4 is 9.47 Å². The molecule has 0 saturated carbocycles. The first-order valence-electron chi connectivity index (χ1n) is 16.9. The molecule has 2 saturated heterocycles. The fourth-order valence-corrected chi connectivity index (χ4v) is 5.68. The third-order valence-electron chi connectivity index (χ3n) is 8.23. The maximum atomic E-state index is 7.23. The van der Waals surface area contributed by atoms with Gasteiger partial charge in [-0.3, -0.25) is 0 Å². The molecule has 292 valence electrons. The van der Waals surface area contributed by atoms with Gasteiger partial charge in [-0.15, -0.1) is 0 Å². The van der Waals surface area contributed by atoms with E-state index in [1.54, 1.807) is 0 Å². The van der Waals surface area contributed by atoms with Gasteiger partial charge in [0, 0.05) is 22.3 Å². The average molecular weight is 761 g/mol. The molecular formula is C37H62O12P2. The highest BCUT2D eigenvalue weighted by Crippen LogP contribution is 2.44. The molecular weight excluding hydrogens is 698 g/mol. The van der Waals surface area contributed by atoms with Crippen LogP contribution in [0.5, 0.6) is 11.5 Å². The van der Waals surface area contributed by atoms with Gasteiger partial charge in [0.1, 0.15) is 11.5 Å². The first kappa shape index (κ1) is 45.7. The van der Waals surface area contributed by atoms with Gasteiger partial charge in [0.25, 0.3) is 0 Å². The summed E-state index contributed by atoms with van der Waals surface area (Å²) in [7, 11) is -5.24. The van der Waals surface area contributed by atoms with Gasteiger partial charge < -0.3 is 57.8 Å². The van der Waals surface area contributed by atoms with Crippen LogP contribution in [0.4, 0.5) is 0 Å². The summed E-state index contributed by atoms with van der Waals surface area (Å²) in [5.41, 5.74) is 6.18. The molecule has 12 nitrogen and oxygen atoms in total. The first-order chi connectivity index (χ1) is 23.1. The standard InChI is InChI=1S/C37H56O6.2H3O3P/c1-23-15-25(33(3,4)5)29(26(16-23)34(6,7)8)42-31-38-19-37(20-39-31)21-40-32(41-22-37)43-30-27(35(9,10)11)17-24(2)18-28(30)36(12,13)14;2*1-4(2)3/h15-18,31-32H,19-22H2,1-14H3;2*1-3H. The number of hydrogen-bond acceptors (Lipinski definition) is 12. The van der Waals surface area contributed by atoms with E-state index >= 15 is 0 Å². The van der Waals surface area contributed by atoms with Crippen molar-refractivity contribution in [1.29, 1.82) is 0 Å². The third kappa shape index (κ3) is 14.0. The van der Waals surface area contributed by atoms with Crippen molar-refractivity contribution in [2.45, 2.75) is 132 Å². The van der Waals surface area contributed by atoms with Crippen LogP contribution >= 0.6 is 17.2 Å². The second kappa shape index (κ2) is 17.8. The van der Waals surface area contributed by atoms with E-state index in [1.807, 2.05) is 0 Å². The van der Waals surface area contributed by atoms with Gasteiger partial charge in [-0.2, -0.15) is 0 Å². The Bertz CT molecular complexity index is 1220. The summed E-state index contributed by atoms with van der Waals surface area (Å²) in [6.45, 7) is 30.8. The molecule has 14 heteroatoms. The third-order valence-corrected chi connectivity index (χ3v) is 8.23. The van der Waals surface area contributed by atoms with E-state index in [-0.39, 0.29) is 21.7 Å². The molecule has 2 aliphatic heterocycles. The molecule has 4 rings (SSSR count). The van der Waals surface area contributed by atoms with Crippen LogP contribution in [0.15, 0.2) is 24.3 Å². The molecule has 0 aromatic heterocycles. The lowest BCUT2D eigenvalue weighted by Crippen LogP contribution is -2.54. The molecule has 0 bridgehead atoms. The fourth-order valence-electron chi connectivity index (χ4n) is 5.68. The molecule has 51 heavy (non-hydrogen) atoms. The highest BCUT2D eigenvalue weighted by atomic mass is 31.2. The van der Waals surface area contributed by atoms with E-state index in [9.17, 15) is 0 Å². The molecule has 2 aromatic rings. The van der Waals surface area contributed by atoms with Gasteiger partial charge in [0.15, 0.2) is 0 Å². The highest BCUT2D eigenvalue weighted by molar-refractivity contribution is 7.38. The molecule has 6 N–H and O–H groups in total. The summed E-state index contributed by atoms with van der Waals surface area (Å²) in [6.07, 6.45) is 0. The SMILES string of the molecule is Cc1cc(C(C)(C)C)c(OC2OCC3(CO2)COC(Oc2c(C(C)(C)C)cc(C)cc2C(C)(C)C)OC3)c(C(C)(C)C)c1.OP(O)O.OP(O)O. The first-order valence-corrected chi connectivity index (χ1v) is 19.3. The van der Waals surface area contributed by atoms with Gasteiger partial charge in [-0.1, -0.05) is 118 Å². The number of benzene rings is 2. The maximum Gasteiger partial charge on any atom is 0.324 e. The zero-order valence-corrected chi connectivity index (χ0v) is 34.6. The van der Waals surface area contributed by atoms with E-state index in [1.165, 1.54) is 11.1 Å². The number of ether oxygens (including phenoxy) is 6. The zero-order valence-electron chi connectivity index (χ0n) is 32.8. The Balaban J connectivity index is 0.00000102. The Labute approximate surface area is 307 Å². The summed E-state index contributed by atoms with van der Waals surface area (Å²) in [6, 6.07) is 8.84. The largest absolute Gasteiger partial charge is 0.441 e. The lowest BCUT2D eigenvalue weighted by Gasteiger charge is -2.43. The average Bonchev–Trinajstić information content (AvgIpc) is 2.94.